The summed E-state index contributed by atoms with van der Waals surface area (Å²) in [7, 11) is 1.66. The Balaban J connectivity index is 1.71. The molecule has 0 radical (unpaired) electrons. The van der Waals surface area contributed by atoms with Gasteiger partial charge < -0.3 is 14.4 Å². The topological polar surface area (TPSA) is 38.8 Å². The van der Waals surface area contributed by atoms with E-state index in [-0.39, 0.29) is 18.6 Å². The van der Waals surface area contributed by atoms with Gasteiger partial charge in [-0.1, -0.05) is 43.2 Å². The van der Waals surface area contributed by atoms with E-state index in [2.05, 4.69) is 12.1 Å². The number of carbonyl (C=O) groups is 1. The lowest BCUT2D eigenvalue weighted by Gasteiger charge is -2.30. The Morgan fingerprint density at radius 3 is 2.48 bits per heavy atom. The molecule has 4 heteroatoms. The highest BCUT2D eigenvalue weighted by Gasteiger charge is 2.27. The molecule has 1 heterocycles. The van der Waals surface area contributed by atoms with Gasteiger partial charge in [0, 0.05) is 6.54 Å². The SMILES string of the molecule is COc1ccc(C2CCCCCN2C(=O)COc2ccccc2)cc1. The molecule has 1 saturated heterocycles. The summed E-state index contributed by atoms with van der Waals surface area (Å²) in [5, 5.41) is 0. The number of nitrogens with zero attached hydrogens (tertiary/aromatic N) is 1. The molecular formula is C21H25NO3. The van der Waals surface area contributed by atoms with E-state index in [1.165, 1.54) is 0 Å². The molecule has 132 valence electrons. The third-order valence-electron chi connectivity index (χ3n) is 4.68. The number of hydrogen-bond acceptors (Lipinski definition) is 3. The van der Waals surface area contributed by atoms with Crippen molar-refractivity contribution in [3.8, 4) is 11.5 Å². The molecule has 0 aromatic heterocycles. The second-order valence-corrected chi connectivity index (χ2v) is 6.33. The summed E-state index contributed by atoms with van der Waals surface area (Å²) in [4.78, 5) is 14.8. The van der Waals surface area contributed by atoms with Gasteiger partial charge in [-0.05, 0) is 42.7 Å². The van der Waals surface area contributed by atoms with Crippen molar-refractivity contribution in [1.82, 2.24) is 4.90 Å². The quantitative estimate of drug-likeness (QED) is 0.819. The lowest BCUT2D eigenvalue weighted by molar-refractivity contribution is -0.135. The van der Waals surface area contributed by atoms with Gasteiger partial charge in [-0.3, -0.25) is 4.79 Å². The van der Waals surface area contributed by atoms with Crippen molar-refractivity contribution in [2.75, 3.05) is 20.3 Å². The number of hydrogen-bond donors (Lipinski definition) is 0. The molecule has 0 spiro atoms. The number of amides is 1. The van der Waals surface area contributed by atoms with E-state index >= 15 is 0 Å². The predicted molar refractivity (Wildman–Crippen MR) is 97.9 cm³/mol. The van der Waals surface area contributed by atoms with E-state index in [1.54, 1.807) is 7.11 Å². The largest absolute Gasteiger partial charge is 0.497 e. The van der Waals surface area contributed by atoms with Gasteiger partial charge >= 0.3 is 0 Å². The van der Waals surface area contributed by atoms with Crippen LogP contribution in [0.3, 0.4) is 0 Å². The third kappa shape index (κ3) is 4.53. The first kappa shape index (κ1) is 17.3. The van der Waals surface area contributed by atoms with Crippen LogP contribution in [0.25, 0.3) is 0 Å². The summed E-state index contributed by atoms with van der Waals surface area (Å²) >= 11 is 0. The van der Waals surface area contributed by atoms with E-state index in [0.717, 1.165) is 49.3 Å². The molecule has 0 aliphatic carbocycles. The molecular weight excluding hydrogens is 314 g/mol. The number of benzene rings is 2. The third-order valence-corrected chi connectivity index (χ3v) is 4.68. The number of carbonyl (C=O) groups excluding carboxylic acids is 1. The summed E-state index contributed by atoms with van der Waals surface area (Å²) in [6.45, 7) is 0.865. The van der Waals surface area contributed by atoms with Crippen LogP contribution in [0.4, 0.5) is 0 Å². The van der Waals surface area contributed by atoms with Crippen molar-refractivity contribution in [3.05, 3.63) is 60.2 Å². The minimum absolute atomic E-state index is 0.0478. The summed E-state index contributed by atoms with van der Waals surface area (Å²) in [6.07, 6.45) is 4.34. The van der Waals surface area contributed by atoms with Crippen molar-refractivity contribution in [3.63, 3.8) is 0 Å². The lowest BCUT2D eigenvalue weighted by Crippen LogP contribution is -2.38. The fourth-order valence-corrected chi connectivity index (χ4v) is 3.32. The molecule has 0 saturated carbocycles. The molecule has 4 nitrogen and oxygen atoms in total. The van der Waals surface area contributed by atoms with Crippen LogP contribution in [0.2, 0.25) is 0 Å². The molecule has 0 bridgehead atoms. The smallest absolute Gasteiger partial charge is 0.261 e. The first-order valence-corrected chi connectivity index (χ1v) is 8.89. The Morgan fingerprint density at radius 2 is 1.76 bits per heavy atom. The van der Waals surface area contributed by atoms with Crippen LogP contribution < -0.4 is 9.47 Å². The van der Waals surface area contributed by atoms with Gasteiger partial charge in [0.1, 0.15) is 11.5 Å². The van der Waals surface area contributed by atoms with Crippen molar-refractivity contribution in [2.24, 2.45) is 0 Å². The number of likely N-dealkylation sites (tertiary alicyclic amines) is 1. The van der Waals surface area contributed by atoms with E-state index < -0.39 is 0 Å². The Morgan fingerprint density at radius 1 is 1.00 bits per heavy atom. The first-order chi connectivity index (χ1) is 12.3. The highest BCUT2D eigenvalue weighted by molar-refractivity contribution is 5.78. The summed E-state index contributed by atoms with van der Waals surface area (Å²) in [5.74, 6) is 1.61. The molecule has 1 amide bonds. The molecule has 2 aromatic rings. The maximum atomic E-state index is 12.8. The van der Waals surface area contributed by atoms with Gasteiger partial charge in [-0.25, -0.2) is 0 Å². The molecule has 1 unspecified atom stereocenters. The molecule has 1 fully saturated rings. The van der Waals surface area contributed by atoms with Gasteiger partial charge in [-0.15, -0.1) is 0 Å². The van der Waals surface area contributed by atoms with Crippen LogP contribution in [-0.2, 0) is 4.79 Å². The van der Waals surface area contributed by atoms with Gasteiger partial charge in [-0.2, -0.15) is 0 Å². The van der Waals surface area contributed by atoms with Gasteiger partial charge in [0.2, 0.25) is 0 Å². The number of rotatable bonds is 5. The maximum Gasteiger partial charge on any atom is 0.261 e. The fraction of sp³-hybridized carbons (Fsp3) is 0.381. The lowest BCUT2D eigenvalue weighted by atomic mass is 10.0. The van der Waals surface area contributed by atoms with Crippen LogP contribution in [0.5, 0.6) is 11.5 Å². The van der Waals surface area contributed by atoms with Crippen LogP contribution in [0, 0.1) is 0 Å². The van der Waals surface area contributed by atoms with E-state index in [9.17, 15) is 4.79 Å². The Bertz CT molecular complexity index is 669. The summed E-state index contributed by atoms with van der Waals surface area (Å²) in [6, 6.07) is 17.7. The molecule has 1 atom stereocenters. The van der Waals surface area contributed by atoms with Crippen molar-refractivity contribution < 1.29 is 14.3 Å². The molecule has 2 aromatic carbocycles. The highest BCUT2D eigenvalue weighted by atomic mass is 16.5. The normalized spacial score (nSPS) is 17.6. The minimum Gasteiger partial charge on any atom is -0.497 e. The Labute approximate surface area is 149 Å². The molecule has 1 aliphatic rings. The first-order valence-electron chi connectivity index (χ1n) is 8.89. The van der Waals surface area contributed by atoms with Gasteiger partial charge in [0.25, 0.3) is 5.91 Å². The summed E-state index contributed by atoms with van der Waals surface area (Å²) < 4.78 is 10.9. The maximum absolute atomic E-state index is 12.8. The van der Waals surface area contributed by atoms with Gasteiger partial charge in [0.15, 0.2) is 6.61 Å². The van der Waals surface area contributed by atoms with Crippen molar-refractivity contribution >= 4 is 5.91 Å². The number of ether oxygens (including phenoxy) is 2. The van der Waals surface area contributed by atoms with Crippen LogP contribution >= 0.6 is 0 Å². The van der Waals surface area contributed by atoms with Gasteiger partial charge in [0.05, 0.1) is 13.2 Å². The molecule has 1 aliphatic heterocycles. The van der Waals surface area contributed by atoms with E-state index in [4.69, 9.17) is 9.47 Å². The van der Waals surface area contributed by atoms with Crippen LogP contribution in [0.1, 0.15) is 37.3 Å². The molecule has 3 rings (SSSR count). The second-order valence-electron chi connectivity index (χ2n) is 6.33. The minimum atomic E-state index is 0.0478. The molecule has 0 N–H and O–H groups in total. The average Bonchev–Trinajstić information content (AvgIpc) is 2.93. The molecule has 25 heavy (non-hydrogen) atoms. The monoisotopic (exact) mass is 339 g/mol. The van der Waals surface area contributed by atoms with Crippen LogP contribution in [0.15, 0.2) is 54.6 Å². The van der Waals surface area contributed by atoms with Crippen molar-refractivity contribution in [1.29, 1.82) is 0 Å². The zero-order valence-electron chi connectivity index (χ0n) is 14.7. The van der Waals surface area contributed by atoms with Crippen molar-refractivity contribution in [2.45, 2.75) is 31.7 Å². The predicted octanol–water partition coefficient (Wildman–Crippen LogP) is 4.22. The van der Waals surface area contributed by atoms with Crippen LogP contribution in [-0.4, -0.2) is 31.1 Å². The highest BCUT2D eigenvalue weighted by Crippen LogP contribution is 2.31. The zero-order valence-corrected chi connectivity index (χ0v) is 14.7. The second kappa shape index (κ2) is 8.56. The Kier molecular flexibility index (Phi) is 5.94. The summed E-state index contributed by atoms with van der Waals surface area (Å²) in [5.41, 5.74) is 1.16. The standard InChI is InChI=1S/C21H25NO3/c1-24-18-13-11-17(12-14-18)20-10-6-3-7-15-22(20)21(23)16-25-19-8-4-2-5-9-19/h2,4-5,8-9,11-14,20H,3,6-7,10,15-16H2,1H3. The fourth-order valence-electron chi connectivity index (χ4n) is 3.32. The zero-order chi connectivity index (χ0) is 17.5. The Hall–Kier alpha value is -2.49. The number of methoxy groups -OCH3 is 1. The van der Waals surface area contributed by atoms with E-state index in [1.807, 2.05) is 47.4 Å². The number of para-hydroxylation sites is 1. The average molecular weight is 339 g/mol. The van der Waals surface area contributed by atoms with E-state index in [0.29, 0.717) is 0 Å².